The number of fused-ring (bicyclic) bond motifs is 1. The molecule has 0 fully saturated rings. The quantitative estimate of drug-likeness (QED) is 0.185. The predicted molar refractivity (Wildman–Crippen MR) is 125 cm³/mol. The summed E-state index contributed by atoms with van der Waals surface area (Å²) in [6.45, 7) is 3.85. The smallest absolute Gasteiger partial charge is 0.417 e. The Morgan fingerprint density at radius 3 is 2.43 bits per heavy atom. The van der Waals surface area contributed by atoms with E-state index in [1.54, 1.807) is 42.9 Å². The number of aliphatic hydroxyl groups is 1. The van der Waals surface area contributed by atoms with Crippen molar-refractivity contribution in [1.29, 1.82) is 0 Å². The van der Waals surface area contributed by atoms with E-state index in [4.69, 9.17) is 27.0 Å². The molecule has 0 spiro atoms. The first-order chi connectivity index (χ1) is 16.5. The van der Waals surface area contributed by atoms with Gasteiger partial charge in [-0.25, -0.2) is 9.97 Å². The Balaban J connectivity index is 0.000000299. The number of ketones is 1. The van der Waals surface area contributed by atoms with Crippen LogP contribution in [0, 0.1) is 6.92 Å². The molecule has 0 aliphatic rings. The Labute approximate surface area is 203 Å². The number of nitrogens with one attached hydrogen (secondary N) is 2. The van der Waals surface area contributed by atoms with Gasteiger partial charge in [-0.2, -0.15) is 13.2 Å². The van der Waals surface area contributed by atoms with Crippen molar-refractivity contribution in [2.45, 2.75) is 20.0 Å². The lowest BCUT2D eigenvalue weighted by atomic mass is 10.0. The van der Waals surface area contributed by atoms with Crippen molar-refractivity contribution in [3.05, 3.63) is 82.4 Å². The highest BCUT2D eigenvalue weighted by molar-refractivity contribution is 6.32. The Morgan fingerprint density at radius 1 is 1.17 bits per heavy atom. The molecule has 186 valence electrons. The van der Waals surface area contributed by atoms with Gasteiger partial charge in [0.1, 0.15) is 17.1 Å². The summed E-state index contributed by atoms with van der Waals surface area (Å²) in [7, 11) is 0. The summed E-state index contributed by atoms with van der Waals surface area (Å²) in [5, 5.41) is 26.4. The third-order valence-corrected chi connectivity index (χ3v) is 4.66. The minimum absolute atomic E-state index is 0.141. The molecule has 8 nitrogen and oxygen atoms in total. The number of hydrogen-bond acceptors (Lipinski definition) is 7. The fourth-order valence-electron chi connectivity index (χ4n) is 2.78. The van der Waals surface area contributed by atoms with Crippen LogP contribution >= 0.6 is 11.6 Å². The summed E-state index contributed by atoms with van der Waals surface area (Å²) in [5.74, 6) is -0.496. The molecule has 0 saturated heterocycles. The summed E-state index contributed by atoms with van der Waals surface area (Å²) in [6.07, 6.45) is -1.11. The molecular weight excluding hydrogens is 489 g/mol. The number of pyridine rings is 2. The number of aliphatic hydroxyl groups excluding tert-OH is 1. The van der Waals surface area contributed by atoms with Crippen LogP contribution in [0.15, 0.2) is 55.0 Å². The number of aromatic nitrogens is 3. The maximum Gasteiger partial charge on any atom is 0.417 e. The molecule has 4 aromatic rings. The van der Waals surface area contributed by atoms with E-state index in [2.05, 4.69) is 15.0 Å². The molecular formula is C23H22ClF3N4O4. The number of carbonyl (C=O) groups is 1. The number of H-pyrrole nitrogens is 1. The summed E-state index contributed by atoms with van der Waals surface area (Å²) < 4.78 is 38.0. The zero-order valence-electron chi connectivity index (χ0n) is 18.6. The van der Waals surface area contributed by atoms with Crippen molar-refractivity contribution >= 4 is 34.1 Å². The number of benzene rings is 1. The van der Waals surface area contributed by atoms with Crippen LogP contribution in [0.4, 0.5) is 18.9 Å². The van der Waals surface area contributed by atoms with Gasteiger partial charge >= 0.3 is 6.18 Å². The number of phenolic OH excluding ortho intramolecular Hbond substituents is 1. The molecule has 0 radical (unpaired) electrons. The summed E-state index contributed by atoms with van der Waals surface area (Å²) in [4.78, 5) is 23.0. The third kappa shape index (κ3) is 7.15. The van der Waals surface area contributed by atoms with Crippen LogP contribution in [0.5, 0.6) is 5.75 Å². The number of halogens is 4. The van der Waals surface area contributed by atoms with E-state index in [-0.39, 0.29) is 23.6 Å². The van der Waals surface area contributed by atoms with E-state index in [0.717, 1.165) is 5.56 Å². The molecule has 0 atom stereocenters. The van der Waals surface area contributed by atoms with E-state index >= 15 is 0 Å². The van der Waals surface area contributed by atoms with Gasteiger partial charge in [-0.3, -0.25) is 15.5 Å². The minimum Gasteiger partial charge on any atom is -0.506 e. The maximum atomic E-state index is 12.7. The Hall–Kier alpha value is -3.67. The first-order valence-corrected chi connectivity index (χ1v) is 10.4. The molecule has 3 aromatic heterocycles. The number of rotatable bonds is 3. The van der Waals surface area contributed by atoms with Crippen molar-refractivity contribution in [3.8, 4) is 5.75 Å². The highest BCUT2D eigenvalue weighted by atomic mass is 35.5. The highest BCUT2D eigenvalue weighted by Gasteiger charge is 2.32. The molecule has 0 aliphatic heterocycles. The lowest BCUT2D eigenvalue weighted by molar-refractivity contribution is -0.137. The topological polar surface area (TPSA) is 131 Å². The van der Waals surface area contributed by atoms with E-state index in [1.165, 1.54) is 12.3 Å². The average molecular weight is 511 g/mol. The monoisotopic (exact) mass is 510 g/mol. The zero-order valence-corrected chi connectivity index (χ0v) is 19.3. The van der Waals surface area contributed by atoms with E-state index < -0.39 is 23.2 Å². The second-order valence-electron chi connectivity index (χ2n) is 6.93. The molecule has 1 aromatic carbocycles. The summed E-state index contributed by atoms with van der Waals surface area (Å²) in [6, 6.07) is 8.77. The molecule has 0 unspecified atom stereocenters. The molecule has 0 bridgehead atoms. The van der Waals surface area contributed by atoms with Crippen LogP contribution in [0.3, 0.4) is 0 Å². The van der Waals surface area contributed by atoms with Crippen LogP contribution in [0.25, 0.3) is 11.0 Å². The highest BCUT2D eigenvalue weighted by Crippen LogP contribution is 2.32. The van der Waals surface area contributed by atoms with Crippen molar-refractivity contribution in [2.75, 3.05) is 12.1 Å². The number of nitrogens with zero attached hydrogens (tertiary/aromatic N) is 2. The molecule has 35 heavy (non-hydrogen) atoms. The lowest BCUT2D eigenvalue weighted by Crippen LogP contribution is -2.13. The second-order valence-corrected chi connectivity index (χ2v) is 7.34. The Bertz CT molecular complexity index is 1300. The number of aryl methyl sites for hydroxylation is 1. The van der Waals surface area contributed by atoms with E-state index in [1.807, 2.05) is 6.92 Å². The number of aromatic hydroxyl groups is 1. The predicted octanol–water partition coefficient (Wildman–Crippen LogP) is 5.36. The largest absolute Gasteiger partial charge is 0.506 e. The van der Waals surface area contributed by atoms with Crippen molar-refractivity contribution in [3.63, 3.8) is 0 Å². The van der Waals surface area contributed by atoms with Gasteiger partial charge < -0.3 is 15.2 Å². The van der Waals surface area contributed by atoms with E-state index in [0.29, 0.717) is 28.3 Å². The number of aromatic amines is 1. The van der Waals surface area contributed by atoms with Crippen LogP contribution in [0.2, 0.25) is 5.02 Å². The fraction of sp³-hybridized carbons (Fsp3) is 0.174. The molecule has 12 heteroatoms. The van der Waals surface area contributed by atoms with Crippen LogP contribution in [0.1, 0.15) is 34.1 Å². The maximum absolute atomic E-state index is 12.7. The van der Waals surface area contributed by atoms with E-state index in [9.17, 15) is 18.0 Å². The molecule has 0 amide bonds. The molecule has 5 N–H and O–H groups in total. The van der Waals surface area contributed by atoms with Crippen LogP contribution in [-0.2, 0) is 6.18 Å². The lowest BCUT2D eigenvalue weighted by Gasteiger charge is -2.11. The van der Waals surface area contributed by atoms with Gasteiger partial charge in [0.05, 0.1) is 16.3 Å². The average Bonchev–Trinajstić information content (AvgIpc) is 3.30. The number of alkyl halides is 3. The van der Waals surface area contributed by atoms with Gasteiger partial charge in [0.25, 0.3) is 0 Å². The Kier molecular flexibility index (Phi) is 9.58. The van der Waals surface area contributed by atoms with Crippen molar-refractivity contribution < 1.29 is 33.4 Å². The van der Waals surface area contributed by atoms with Gasteiger partial charge in [0, 0.05) is 36.1 Å². The number of anilines is 1. The molecule has 4 rings (SSSR count). The van der Waals surface area contributed by atoms with Crippen molar-refractivity contribution in [1.82, 2.24) is 15.0 Å². The molecule has 0 saturated carbocycles. The number of phenols is 1. The van der Waals surface area contributed by atoms with Crippen LogP contribution in [-0.4, -0.2) is 42.8 Å². The van der Waals surface area contributed by atoms with Gasteiger partial charge in [-0.15, -0.1) is 0 Å². The molecule has 3 heterocycles. The zero-order chi connectivity index (χ0) is 26.2. The van der Waals surface area contributed by atoms with Crippen LogP contribution < -0.4 is 5.48 Å². The van der Waals surface area contributed by atoms with Gasteiger partial charge in [0.15, 0.2) is 0 Å². The molecule has 0 aliphatic carbocycles. The fourth-order valence-corrected chi connectivity index (χ4v) is 3.02. The first kappa shape index (κ1) is 27.6. The summed E-state index contributed by atoms with van der Waals surface area (Å²) >= 11 is 5.56. The first-order valence-electron chi connectivity index (χ1n) is 10.0. The van der Waals surface area contributed by atoms with Gasteiger partial charge in [0.2, 0.25) is 5.78 Å². The number of carbonyl (C=O) groups excluding carboxylic acids is 1. The standard InChI is InChI=1S/C14H9F3N4O2.C7H7ClO.C2H6O/c15-14(16,17)7-5-10(21-23)11(20-6-7)12(22)8-1-3-18-13-9(8)2-4-19-13;1-5-2-3-7(9)6(8)4-5;1-2-3/h1-6,21,23H,(H,18,19);2-4,9H,1H3;3H,2H2,1H3. The van der Waals surface area contributed by atoms with Gasteiger partial charge in [-0.05, 0) is 49.7 Å². The third-order valence-electron chi connectivity index (χ3n) is 4.36. The summed E-state index contributed by atoms with van der Waals surface area (Å²) in [5.41, 5.74) is 1.49. The van der Waals surface area contributed by atoms with Crippen molar-refractivity contribution in [2.24, 2.45) is 0 Å². The Morgan fingerprint density at radius 2 is 1.86 bits per heavy atom. The number of hydrogen-bond donors (Lipinski definition) is 5. The minimum atomic E-state index is -4.63. The SMILES string of the molecule is CCO.Cc1ccc(O)c(Cl)c1.O=C(c1ncc(C(F)(F)F)cc1NO)c1ccnc2[nH]ccc12. The van der Waals surface area contributed by atoms with Gasteiger partial charge in [-0.1, -0.05) is 17.7 Å². The normalized spacial score (nSPS) is 10.6. The second kappa shape index (κ2) is 12.2.